The highest BCUT2D eigenvalue weighted by Crippen LogP contribution is 2.04. The molecule has 3 nitrogen and oxygen atoms in total. The first-order valence-corrected chi connectivity index (χ1v) is 9.70. The van der Waals surface area contributed by atoms with E-state index in [1.807, 2.05) is 24.3 Å². The lowest BCUT2D eigenvalue weighted by Crippen LogP contribution is -1.98. The smallest absolute Gasteiger partial charge is 0.303 e. The largest absolute Gasteiger partial charge is 0.481 e. The summed E-state index contributed by atoms with van der Waals surface area (Å²) in [7, 11) is 0. The third-order valence-corrected chi connectivity index (χ3v) is 3.80. The van der Waals surface area contributed by atoms with Gasteiger partial charge < -0.3 is 10.2 Å². The summed E-state index contributed by atoms with van der Waals surface area (Å²) in [6.07, 6.45) is 26.3. The number of carboxylic acids is 1. The zero-order valence-corrected chi connectivity index (χ0v) is 15.8. The summed E-state index contributed by atoms with van der Waals surface area (Å²) in [5.74, 6) is -0.708. The highest BCUT2D eigenvalue weighted by molar-refractivity contribution is 5.66. The van der Waals surface area contributed by atoms with Crippen molar-refractivity contribution >= 4 is 5.97 Å². The van der Waals surface area contributed by atoms with E-state index in [1.54, 1.807) is 0 Å². The van der Waals surface area contributed by atoms with Gasteiger partial charge in [0.25, 0.3) is 0 Å². The molecule has 1 unspecified atom stereocenters. The first-order chi connectivity index (χ1) is 12.2. The van der Waals surface area contributed by atoms with Gasteiger partial charge in [-0.1, -0.05) is 74.8 Å². The summed E-state index contributed by atoms with van der Waals surface area (Å²) < 4.78 is 0. The second-order valence-corrected chi connectivity index (χ2v) is 6.28. The van der Waals surface area contributed by atoms with Gasteiger partial charge in [-0.3, -0.25) is 4.79 Å². The molecule has 25 heavy (non-hydrogen) atoms. The summed E-state index contributed by atoms with van der Waals surface area (Å²) in [5, 5.41) is 18.3. The van der Waals surface area contributed by atoms with E-state index in [0.29, 0.717) is 6.42 Å². The number of aliphatic hydroxyl groups excluding tert-OH is 1. The number of hydrogen-bond acceptors (Lipinski definition) is 2. The lowest BCUT2D eigenvalue weighted by atomic mass is 10.1. The fourth-order valence-corrected chi connectivity index (χ4v) is 2.30. The zero-order valence-electron chi connectivity index (χ0n) is 15.8. The van der Waals surface area contributed by atoms with Crippen LogP contribution in [-0.4, -0.2) is 22.3 Å². The Bertz CT molecular complexity index is 419. The van der Waals surface area contributed by atoms with Crippen LogP contribution in [0.3, 0.4) is 0 Å². The highest BCUT2D eigenvalue weighted by Gasteiger charge is 1.95. The van der Waals surface area contributed by atoms with Crippen LogP contribution in [0.2, 0.25) is 0 Å². The predicted molar refractivity (Wildman–Crippen MR) is 107 cm³/mol. The topological polar surface area (TPSA) is 57.5 Å². The van der Waals surface area contributed by atoms with Crippen molar-refractivity contribution in [3.63, 3.8) is 0 Å². The molecular weight excluding hydrogens is 312 g/mol. The van der Waals surface area contributed by atoms with Gasteiger partial charge in [0.1, 0.15) is 0 Å². The van der Waals surface area contributed by atoms with Crippen molar-refractivity contribution in [2.75, 3.05) is 0 Å². The molecule has 3 heteroatoms. The lowest BCUT2D eigenvalue weighted by molar-refractivity contribution is -0.137. The number of aliphatic carboxylic acids is 1. The average Bonchev–Trinajstić information content (AvgIpc) is 2.58. The maximum absolute atomic E-state index is 10.4. The number of aliphatic hydroxyl groups is 1. The minimum Gasteiger partial charge on any atom is -0.481 e. The number of unbranched alkanes of at least 4 members (excludes halogenated alkanes) is 6. The molecule has 0 saturated carbocycles. The Morgan fingerprint density at radius 2 is 1.60 bits per heavy atom. The Morgan fingerprint density at radius 3 is 2.36 bits per heavy atom. The normalized spacial score (nSPS) is 13.7. The molecule has 0 saturated heterocycles. The standard InChI is InChI=1S/C22H36O3/c1-2-3-4-5-9-12-15-18-21(23)19-16-13-10-7-6-8-11-14-17-20-22(24)25/h6-7,9,12-13,15-16,18,21,23H,2-5,8,10-11,14,17,19-20H2,1H3,(H,24,25)/b7-6+,12-9+,16-13+,18-15+. The third-order valence-electron chi connectivity index (χ3n) is 3.80. The zero-order chi connectivity index (χ0) is 18.6. The van der Waals surface area contributed by atoms with Crippen LogP contribution in [0.15, 0.2) is 48.6 Å². The molecule has 0 aromatic rings. The summed E-state index contributed by atoms with van der Waals surface area (Å²) >= 11 is 0. The molecule has 0 spiro atoms. The molecule has 0 aromatic carbocycles. The molecule has 0 amide bonds. The van der Waals surface area contributed by atoms with Gasteiger partial charge in [-0.05, 0) is 44.9 Å². The van der Waals surface area contributed by atoms with Crippen molar-refractivity contribution in [3.05, 3.63) is 48.6 Å². The molecule has 0 rings (SSSR count). The van der Waals surface area contributed by atoms with Crippen molar-refractivity contribution in [2.45, 2.75) is 83.7 Å². The van der Waals surface area contributed by atoms with E-state index in [-0.39, 0.29) is 6.42 Å². The molecular formula is C22H36O3. The molecule has 0 heterocycles. The Balaban J connectivity index is 3.56. The van der Waals surface area contributed by atoms with Crippen molar-refractivity contribution in [1.82, 2.24) is 0 Å². The third kappa shape index (κ3) is 20.3. The van der Waals surface area contributed by atoms with Gasteiger partial charge in [-0.15, -0.1) is 0 Å². The van der Waals surface area contributed by atoms with Crippen LogP contribution in [0, 0.1) is 0 Å². The van der Waals surface area contributed by atoms with Crippen LogP contribution in [0.4, 0.5) is 0 Å². The van der Waals surface area contributed by atoms with Gasteiger partial charge in [-0.2, -0.15) is 0 Å². The van der Waals surface area contributed by atoms with Crippen molar-refractivity contribution in [2.24, 2.45) is 0 Å². The Hall–Kier alpha value is -1.61. The molecule has 0 aliphatic heterocycles. The Morgan fingerprint density at radius 1 is 0.880 bits per heavy atom. The molecule has 0 aliphatic rings. The lowest BCUT2D eigenvalue weighted by Gasteiger charge is -1.99. The molecule has 1 atom stereocenters. The predicted octanol–water partition coefficient (Wildman–Crippen LogP) is 5.97. The van der Waals surface area contributed by atoms with Gasteiger partial charge in [0.15, 0.2) is 0 Å². The first kappa shape index (κ1) is 23.4. The maximum atomic E-state index is 10.4. The van der Waals surface area contributed by atoms with E-state index in [0.717, 1.165) is 38.5 Å². The van der Waals surface area contributed by atoms with Crippen LogP contribution in [0.1, 0.15) is 77.6 Å². The van der Waals surface area contributed by atoms with Crippen LogP contribution < -0.4 is 0 Å². The van der Waals surface area contributed by atoms with Gasteiger partial charge in [0.05, 0.1) is 6.10 Å². The van der Waals surface area contributed by atoms with Crippen molar-refractivity contribution in [3.8, 4) is 0 Å². The minimum atomic E-state index is -0.708. The SMILES string of the molecule is CCCCC/C=C/C=C/C(O)C/C=C/C/C=C/CCCCCC(=O)O. The van der Waals surface area contributed by atoms with E-state index < -0.39 is 12.1 Å². The van der Waals surface area contributed by atoms with Gasteiger partial charge in [0.2, 0.25) is 0 Å². The molecule has 0 aromatic heterocycles. The Kier molecular flexibility index (Phi) is 17.5. The van der Waals surface area contributed by atoms with Crippen molar-refractivity contribution in [1.29, 1.82) is 0 Å². The summed E-state index contributed by atoms with van der Waals surface area (Å²) in [6, 6.07) is 0. The average molecular weight is 349 g/mol. The van der Waals surface area contributed by atoms with Crippen LogP contribution in [0.5, 0.6) is 0 Å². The van der Waals surface area contributed by atoms with Crippen molar-refractivity contribution < 1.29 is 15.0 Å². The minimum absolute atomic E-state index is 0.276. The molecule has 0 radical (unpaired) electrons. The fourth-order valence-electron chi connectivity index (χ4n) is 2.30. The summed E-state index contributed by atoms with van der Waals surface area (Å²) in [5.41, 5.74) is 0. The van der Waals surface area contributed by atoms with Gasteiger partial charge in [0, 0.05) is 6.42 Å². The molecule has 0 bridgehead atoms. The number of carboxylic acid groups (broad SMARTS) is 1. The van der Waals surface area contributed by atoms with Crippen LogP contribution in [-0.2, 0) is 4.79 Å². The second-order valence-electron chi connectivity index (χ2n) is 6.28. The number of hydrogen-bond donors (Lipinski definition) is 2. The molecule has 2 N–H and O–H groups in total. The van der Waals surface area contributed by atoms with Gasteiger partial charge >= 0.3 is 5.97 Å². The quantitative estimate of drug-likeness (QED) is 0.205. The Labute approximate surface area is 153 Å². The first-order valence-electron chi connectivity index (χ1n) is 9.70. The van der Waals surface area contributed by atoms with Gasteiger partial charge in [-0.25, -0.2) is 0 Å². The fraction of sp³-hybridized carbons (Fsp3) is 0.591. The summed E-state index contributed by atoms with van der Waals surface area (Å²) in [4.78, 5) is 10.4. The van der Waals surface area contributed by atoms with Crippen LogP contribution >= 0.6 is 0 Å². The molecule has 0 fully saturated rings. The maximum Gasteiger partial charge on any atom is 0.303 e. The van der Waals surface area contributed by atoms with E-state index in [2.05, 4.69) is 31.2 Å². The number of carbonyl (C=O) groups is 1. The number of rotatable bonds is 16. The van der Waals surface area contributed by atoms with E-state index in [9.17, 15) is 9.90 Å². The molecule has 142 valence electrons. The molecule has 0 aliphatic carbocycles. The summed E-state index contributed by atoms with van der Waals surface area (Å²) in [6.45, 7) is 2.20. The van der Waals surface area contributed by atoms with E-state index >= 15 is 0 Å². The van der Waals surface area contributed by atoms with E-state index in [1.165, 1.54) is 19.3 Å². The van der Waals surface area contributed by atoms with Crippen LogP contribution in [0.25, 0.3) is 0 Å². The second kappa shape index (κ2) is 18.7. The monoisotopic (exact) mass is 348 g/mol. The van der Waals surface area contributed by atoms with E-state index in [4.69, 9.17) is 5.11 Å². The highest BCUT2D eigenvalue weighted by atomic mass is 16.4. The number of allylic oxidation sites excluding steroid dienone is 6.